The van der Waals surface area contributed by atoms with E-state index in [0.717, 1.165) is 327 Å². The van der Waals surface area contributed by atoms with Crippen molar-refractivity contribution in [1.29, 1.82) is 0 Å². The van der Waals surface area contributed by atoms with Gasteiger partial charge < -0.3 is 56.8 Å². The standard InChI is InChI=1S/C128H196N4O12/c1-13-25-37-49-61-81-133-113-93-101(94-114(134-82-62-50-38-26-14-2)125(113)141-89-69-57-45-33-21-9)121-105-73-75-107(129-105)122(102-95-115(135-83-63-51-39-27-15-3)126(142-90-70-58-46-34-22-10)116(96-102)136-84-64-52-40-28-16-4)109-77-79-111(131-109)124(104-99-119(139-87-67-55-43-31-19-7)128(144-92-72-60-48-36-24-12)120(100-104)140-88-68-56-44-32-20-8)112-80-78-110(132-112)123(108-76-74-106(121)130-108)103-97-117(137-85-65-53-41-29-17-5)127(143-91-71-59-47-35-23-11)118(98-103)138-86-66-54-42-30-18-6/h73-80,93-100H,13-72,81-92H2,1-12H3. The number of hydrogen-bond donors (Lipinski definition) is 0. The number of ether oxygens (including phenoxy) is 12. The number of fused-ring (bicyclic) bond motifs is 4. The molecule has 0 saturated carbocycles. The van der Waals surface area contributed by atoms with Crippen molar-refractivity contribution in [1.82, 2.24) is 0 Å². The van der Waals surface area contributed by atoms with Gasteiger partial charge in [0.05, 0.1) is 125 Å². The summed E-state index contributed by atoms with van der Waals surface area (Å²) in [5.74, 6) is 7.70. The first-order valence-electron chi connectivity index (χ1n) is 59.4. The fourth-order valence-electron chi connectivity index (χ4n) is 19.2. The van der Waals surface area contributed by atoms with Gasteiger partial charge >= 0.3 is 0 Å². The van der Waals surface area contributed by atoms with Crippen molar-refractivity contribution < 1.29 is 56.8 Å². The van der Waals surface area contributed by atoms with E-state index in [-0.39, 0.29) is 0 Å². The quantitative estimate of drug-likeness (QED) is 0.0386. The largest absolute Gasteiger partial charge is 0.490 e. The highest BCUT2D eigenvalue weighted by molar-refractivity contribution is 6.40. The van der Waals surface area contributed by atoms with Gasteiger partial charge in [-0.15, -0.1) is 0 Å². The van der Waals surface area contributed by atoms with Gasteiger partial charge in [-0.2, -0.15) is 0 Å². The molecule has 0 amide bonds. The molecule has 0 fully saturated rings. The van der Waals surface area contributed by atoms with Crippen molar-refractivity contribution in [2.24, 2.45) is 20.0 Å². The van der Waals surface area contributed by atoms with E-state index in [1.807, 2.05) is 0 Å². The molecule has 0 radical (unpaired) electrons. The lowest BCUT2D eigenvalue weighted by atomic mass is 9.97. The first-order chi connectivity index (χ1) is 71.1. The van der Waals surface area contributed by atoms with Crippen molar-refractivity contribution in [3.8, 4) is 69.0 Å². The summed E-state index contributed by atoms with van der Waals surface area (Å²) in [6, 6.07) is 17.5. The molecule has 5 aliphatic heterocycles. The van der Waals surface area contributed by atoms with Crippen LogP contribution in [0.4, 0.5) is 0 Å². The van der Waals surface area contributed by atoms with Gasteiger partial charge in [0.25, 0.3) is 0 Å². The summed E-state index contributed by atoms with van der Waals surface area (Å²) in [5.41, 5.74) is 12.1. The lowest BCUT2D eigenvalue weighted by Crippen LogP contribution is -2.09. The van der Waals surface area contributed by atoms with Gasteiger partial charge in [0.2, 0.25) is 23.0 Å². The Hall–Kier alpha value is -8.92. The molecular formula is C128H196N4O12. The summed E-state index contributed by atoms with van der Waals surface area (Å²) < 4.78 is 86.4. The number of allylic oxidation sites excluding steroid dienone is 12. The monoisotopic (exact) mass is 1980 g/mol. The van der Waals surface area contributed by atoms with Crippen molar-refractivity contribution in [3.05, 3.63) is 142 Å². The maximum atomic E-state index is 7.24. The predicted molar refractivity (Wildman–Crippen MR) is 611 cm³/mol. The molecule has 0 saturated heterocycles. The van der Waals surface area contributed by atoms with E-state index in [1.165, 1.54) is 103 Å². The minimum Gasteiger partial charge on any atom is -0.490 e. The highest BCUT2D eigenvalue weighted by Crippen LogP contribution is 2.51. The van der Waals surface area contributed by atoms with Crippen molar-refractivity contribution >= 4 is 45.1 Å². The number of aliphatic imine (C=N–C) groups is 4. The molecular weight excluding hydrogens is 1790 g/mol. The SMILES string of the molecule is CCCCCCCOc1cc(C2=C3C=CC(=N3)C(c3cc(OCCCCCCC)c(OCCCCCCC)c(OCCCCCCC)c3)=C3C=CC(=N3)C(c3cc(OCCCCCCC)c(OCCCCCCC)c(OCCCCCCC)c3)=C3C=CC(=N3)C(c3cc(OCCCCCCC)c(OCCCCCCC)c(OCCCCCCC)c3)=C3C=CC2=N3)cc(OCCCCCCC)c1OCCCCCCC. The molecule has 0 N–H and O–H groups in total. The lowest BCUT2D eigenvalue weighted by Gasteiger charge is -2.21. The molecule has 5 heterocycles. The molecule has 9 rings (SSSR count). The average molecular weight is 1980 g/mol. The first kappa shape index (κ1) is 119. The lowest BCUT2D eigenvalue weighted by molar-refractivity contribution is 0.234. The number of hydrogen-bond acceptors (Lipinski definition) is 16. The molecule has 4 aromatic rings. The average Bonchev–Trinajstić information content (AvgIpc) is 1.59. The van der Waals surface area contributed by atoms with Gasteiger partial charge in [-0.25, -0.2) is 20.0 Å². The smallest absolute Gasteiger partial charge is 0.203 e. The summed E-state index contributed by atoms with van der Waals surface area (Å²) in [6.45, 7) is 33.5. The third-order valence-corrected chi connectivity index (χ3v) is 27.9. The van der Waals surface area contributed by atoms with Crippen LogP contribution in [0.15, 0.2) is 140 Å². The third-order valence-electron chi connectivity index (χ3n) is 27.9. The van der Waals surface area contributed by atoms with Crippen molar-refractivity contribution in [2.45, 2.75) is 468 Å². The Labute approximate surface area is 875 Å². The summed E-state index contributed by atoms with van der Waals surface area (Å²) in [6.07, 6.45) is 83.0. The van der Waals surface area contributed by atoms with E-state index in [4.69, 9.17) is 76.8 Å². The zero-order valence-electron chi connectivity index (χ0n) is 92.8. The molecule has 4 aromatic carbocycles. The molecule has 16 nitrogen and oxygen atoms in total. The van der Waals surface area contributed by atoms with Crippen LogP contribution in [0.3, 0.4) is 0 Å². The van der Waals surface area contributed by atoms with Crippen LogP contribution in [0.5, 0.6) is 69.0 Å². The summed E-state index contributed by atoms with van der Waals surface area (Å²) in [4.78, 5) is 24.4. The second-order valence-electron chi connectivity index (χ2n) is 40.7. The van der Waals surface area contributed by atoms with Crippen LogP contribution >= 0.6 is 0 Å². The Bertz CT molecular complexity index is 3970. The van der Waals surface area contributed by atoms with Crippen LogP contribution in [0.2, 0.25) is 0 Å². The zero-order chi connectivity index (χ0) is 102. The van der Waals surface area contributed by atoms with Gasteiger partial charge in [-0.05, 0) is 196 Å². The Kier molecular flexibility index (Phi) is 61.0. The van der Waals surface area contributed by atoms with Crippen LogP contribution in [0.1, 0.15) is 491 Å². The Morgan fingerprint density at radius 3 is 0.382 bits per heavy atom. The molecule has 144 heavy (non-hydrogen) atoms. The normalized spacial score (nSPS) is 13.7. The fraction of sp³-hybridized carbons (Fsp3) is 0.656. The Morgan fingerprint density at radius 1 is 0.139 bits per heavy atom. The maximum Gasteiger partial charge on any atom is 0.203 e. The van der Waals surface area contributed by atoms with Gasteiger partial charge in [0.15, 0.2) is 46.0 Å². The Balaban J connectivity index is 1.46. The second kappa shape index (κ2) is 74.0. The number of nitrogens with zero attached hydrogens (tertiary/aromatic N) is 4. The number of benzene rings is 4. The van der Waals surface area contributed by atoms with Crippen molar-refractivity contribution in [3.63, 3.8) is 0 Å². The molecule has 16 heteroatoms. The second-order valence-corrected chi connectivity index (χ2v) is 40.7. The van der Waals surface area contributed by atoms with Crippen LogP contribution in [0.25, 0.3) is 22.3 Å². The number of rotatable bonds is 88. The molecule has 0 spiro atoms. The maximum absolute atomic E-state index is 7.24. The third kappa shape index (κ3) is 42.0. The zero-order valence-corrected chi connectivity index (χ0v) is 92.8. The van der Waals surface area contributed by atoms with Gasteiger partial charge in [-0.1, -0.05) is 391 Å². The van der Waals surface area contributed by atoms with E-state index >= 15 is 0 Å². The number of unbranched alkanes of at least 4 members (excludes halogenated alkanes) is 48. The van der Waals surface area contributed by atoms with Crippen LogP contribution in [-0.4, -0.2) is 102 Å². The Morgan fingerprint density at radius 2 is 0.257 bits per heavy atom. The molecule has 0 unspecified atom stereocenters. The van der Waals surface area contributed by atoms with Crippen LogP contribution in [-0.2, 0) is 0 Å². The van der Waals surface area contributed by atoms with E-state index in [2.05, 4.69) is 180 Å². The van der Waals surface area contributed by atoms with Crippen LogP contribution < -0.4 is 56.8 Å². The van der Waals surface area contributed by atoms with E-state index < -0.39 is 0 Å². The summed E-state index contributed by atoms with van der Waals surface area (Å²) in [5, 5.41) is 0. The predicted octanol–water partition coefficient (Wildman–Crippen LogP) is 37.9. The fourth-order valence-corrected chi connectivity index (χ4v) is 19.2. The molecule has 800 valence electrons. The minimum absolute atomic E-state index is 0.513. The molecule has 0 aromatic heterocycles. The molecule has 8 bridgehead atoms. The highest BCUT2D eigenvalue weighted by atomic mass is 16.6. The van der Waals surface area contributed by atoms with Gasteiger partial charge in [0.1, 0.15) is 0 Å². The molecule has 0 aliphatic carbocycles. The summed E-state index contributed by atoms with van der Waals surface area (Å²) in [7, 11) is 0. The van der Waals surface area contributed by atoms with Gasteiger partial charge in [0, 0.05) is 22.3 Å². The summed E-state index contributed by atoms with van der Waals surface area (Å²) >= 11 is 0. The topological polar surface area (TPSA) is 160 Å². The minimum atomic E-state index is 0.513. The van der Waals surface area contributed by atoms with E-state index in [9.17, 15) is 0 Å². The van der Waals surface area contributed by atoms with Gasteiger partial charge in [-0.3, -0.25) is 0 Å². The van der Waals surface area contributed by atoms with E-state index in [1.54, 1.807) is 0 Å². The van der Waals surface area contributed by atoms with Crippen LogP contribution in [0, 0.1) is 0 Å². The molecule has 0 atom stereocenters. The molecule has 5 aliphatic rings. The van der Waals surface area contributed by atoms with Crippen molar-refractivity contribution in [2.75, 3.05) is 79.3 Å². The van der Waals surface area contributed by atoms with E-state index in [0.29, 0.717) is 194 Å². The highest BCUT2D eigenvalue weighted by Gasteiger charge is 2.34. The first-order valence-corrected chi connectivity index (χ1v) is 59.4.